The number of hydrogen-bond donors (Lipinski definition) is 1. The third kappa shape index (κ3) is 3.54. The summed E-state index contributed by atoms with van der Waals surface area (Å²) in [4.78, 5) is 4.03. The minimum Gasteiger partial charge on any atom is -0.497 e. The van der Waals surface area contributed by atoms with E-state index >= 15 is 0 Å². The molecule has 0 aliphatic carbocycles. The van der Waals surface area contributed by atoms with Gasteiger partial charge in [0.15, 0.2) is 0 Å². The fourth-order valence-electron chi connectivity index (χ4n) is 1.77. The van der Waals surface area contributed by atoms with Gasteiger partial charge in [-0.3, -0.25) is 0 Å². The van der Waals surface area contributed by atoms with Gasteiger partial charge in [0.2, 0.25) is 0 Å². The van der Waals surface area contributed by atoms with E-state index in [2.05, 4.69) is 16.4 Å². The molecule has 96 valence electrons. The first-order valence-electron chi connectivity index (χ1n) is 6.01. The van der Waals surface area contributed by atoms with Gasteiger partial charge in [0, 0.05) is 24.8 Å². The predicted molar refractivity (Wildman–Crippen MR) is 72.5 cm³/mol. The SMILES string of the molecule is COc1ccc(CNCc2cccnc2C#N)cc1. The van der Waals surface area contributed by atoms with Crippen LogP contribution in [0, 0.1) is 11.3 Å². The smallest absolute Gasteiger partial charge is 0.144 e. The Labute approximate surface area is 112 Å². The lowest BCUT2D eigenvalue weighted by Crippen LogP contribution is -2.13. The predicted octanol–water partition coefficient (Wildman–Crippen LogP) is 2.25. The maximum absolute atomic E-state index is 8.94. The molecule has 2 rings (SSSR count). The molecule has 4 heteroatoms. The maximum atomic E-state index is 8.94. The number of methoxy groups -OCH3 is 1. The van der Waals surface area contributed by atoms with Crippen molar-refractivity contribution in [2.24, 2.45) is 0 Å². The van der Waals surface area contributed by atoms with Crippen molar-refractivity contribution in [1.29, 1.82) is 5.26 Å². The lowest BCUT2D eigenvalue weighted by molar-refractivity contribution is 0.414. The van der Waals surface area contributed by atoms with Crippen LogP contribution in [0.15, 0.2) is 42.6 Å². The largest absolute Gasteiger partial charge is 0.497 e. The van der Waals surface area contributed by atoms with Crippen molar-refractivity contribution in [2.75, 3.05) is 7.11 Å². The molecule has 19 heavy (non-hydrogen) atoms. The molecule has 0 saturated carbocycles. The minimum absolute atomic E-state index is 0.477. The number of rotatable bonds is 5. The molecule has 0 saturated heterocycles. The van der Waals surface area contributed by atoms with Crippen LogP contribution < -0.4 is 10.1 Å². The van der Waals surface area contributed by atoms with Crippen molar-refractivity contribution >= 4 is 0 Å². The van der Waals surface area contributed by atoms with Crippen LogP contribution in [0.5, 0.6) is 5.75 Å². The summed E-state index contributed by atoms with van der Waals surface area (Å²) in [6.07, 6.45) is 1.63. The number of aromatic nitrogens is 1. The second-order valence-corrected chi connectivity index (χ2v) is 4.07. The molecule has 0 aliphatic heterocycles. The van der Waals surface area contributed by atoms with E-state index in [1.807, 2.05) is 36.4 Å². The highest BCUT2D eigenvalue weighted by molar-refractivity contribution is 5.30. The summed E-state index contributed by atoms with van der Waals surface area (Å²) in [6, 6.07) is 13.7. The maximum Gasteiger partial charge on any atom is 0.144 e. The van der Waals surface area contributed by atoms with Gasteiger partial charge < -0.3 is 10.1 Å². The molecular weight excluding hydrogens is 238 g/mol. The number of benzene rings is 1. The first-order chi connectivity index (χ1) is 9.33. The molecule has 4 nitrogen and oxygen atoms in total. The molecule has 0 radical (unpaired) electrons. The molecule has 0 spiro atoms. The molecule has 0 fully saturated rings. The van der Waals surface area contributed by atoms with E-state index in [-0.39, 0.29) is 0 Å². The Kier molecular flexibility index (Phi) is 4.49. The molecule has 1 N–H and O–H groups in total. The zero-order valence-electron chi connectivity index (χ0n) is 10.8. The van der Waals surface area contributed by atoms with E-state index in [1.165, 1.54) is 5.56 Å². The van der Waals surface area contributed by atoms with Crippen LogP contribution in [0.3, 0.4) is 0 Å². The summed E-state index contributed by atoms with van der Waals surface area (Å²) in [5.74, 6) is 0.850. The van der Waals surface area contributed by atoms with Gasteiger partial charge >= 0.3 is 0 Å². The Morgan fingerprint density at radius 3 is 2.68 bits per heavy atom. The van der Waals surface area contributed by atoms with Gasteiger partial charge in [-0.25, -0.2) is 4.98 Å². The summed E-state index contributed by atoms with van der Waals surface area (Å²) in [5, 5.41) is 12.2. The zero-order valence-corrected chi connectivity index (χ0v) is 10.8. The second kappa shape index (κ2) is 6.53. The van der Waals surface area contributed by atoms with Crippen molar-refractivity contribution in [3.05, 3.63) is 59.4 Å². The number of hydrogen-bond acceptors (Lipinski definition) is 4. The van der Waals surface area contributed by atoms with E-state index in [0.717, 1.165) is 17.9 Å². The van der Waals surface area contributed by atoms with Gasteiger partial charge in [0.25, 0.3) is 0 Å². The summed E-state index contributed by atoms with van der Waals surface area (Å²) < 4.78 is 5.11. The van der Waals surface area contributed by atoms with E-state index in [0.29, 0.717) is 12.2 Å². The van der Waals surface area contributed by atoms with Gasteiger partial charge in [0.1, 0.15) is 17.5 Å². The molecule has 1 aromatic heterocycles. The number of nitrogens with one attached hydrogen (secondary N) is 1. The van der Waals surface area contributed by atoms with Gasteiger partial charge in [-0.2, -0.15) is 5.26 Å². The van der Waals surface area contributed by atoms with Gasteiger partial charge in [-0.05, 0) is 23.8 Å². The van der Waals surface area contributed by atoms with Gasteiger partial charge in [-0.15, -0.1) is 0 Å². The molecule has 1 aromatic carbocycles. The number of nitriles is 1. The third-order valence-electron chi connectivity index (χ3n) is 2.80. The zero-order chi connectivity index (χ0) is 13.5. The average molecular weight is 253 g/mol. The molecule has 2 aromatic rings. The van der Waals surface area contributed by atoms with Crippen molar-refractivity contribution < 1.29 is 4.74 Å². The Hall–Kier alpha value is -2.38. The fourth-order valence-corrected chi connectivity index (χ4v) is 1.77. The molecule has 0 bridgehead atoms. The molecule has 0 amide bonds. The number of pyridine rings is 1. The van der Waals surface area contributed by atoms with E-state index in [1.54, 1.807) is 13.3 Å². The Balaban J connectivity index is 1.91. The highest BCUT2D eigenvalue weighted by atomic mass is 16.5. The standard InChI is InChI=1S/C15H15N3O/c1-19-14-6-4-12(5-7-14)10-17-11-13-3-2-8-18-15(13)9-16/h2-8,17H,10-11H2,1H3. The van der Waals surface area contributed by atoms with Crippen LogP contribution in [-0.2, 0) is 13.1 Å². The minimum atomic E-state index is 0.477. The van der Waals surface area contributed by atoms with Crippen LogP contribution in [-0.4, -0.2) is 12.1 Å². The number of ether oxygens (including phenoxy) is 1. The number of nitrogens with zero attached hydrogens (tertiary/aromatic N) is 2. The first-order valence-corrected chi connectivity index (χ1v) is 6.01. The second-order valence-electron chi connectivity index (χ2n) is 4.07. The topological polar surface area (TPSA) is 57.9 Å². The molecule has 0 aliphatic rings. The highest BCUT2D eigenvalue weighted by Crippen LogP contribution is 2.11. The van der Waals surface area contributed by atoms with E-state index < -0.39 is 0 Å². The average Bonchev–Trinajstić information content (AvgIpc) is 2.48. The quantitative estimate of drug-likeness (QED) is 0.888. The van der Waals surface area contributed by atoms with Crippen molar-refractivity contribution in [3.63, 3.8) is 0 Å². The van der Waals surface area contributed by atoms with Gasteiger partial charge in [0.05, 0.1) is 7.11 Å². The van der Waals surface area contributed by atoms with Gasteiger partial charge in [-0.1, -0.05) is 18.2 Å². The summed E-state index contributed by atoms with van der Waals surface area (Å²) in [7, 11) is 1.65. The fraction of sp³-hybridized carbons (Fsp3) is 0.200. The molecule has 0 unspecified atom stereocenters. The summed E-state index contributed by atoms with van der Waals surface area (Å²) in [5.41, 5.74) is 2.56. The Bertz CT molecular complexity index is 573. The molecule has 0 atom stereocenters. The normalized spacial score (nSPS) is 9.89. The van der Waals surface area contributed by atoms with Crippen LogP contribution in [0.25, 0.3) is 0 Å². The molecule has 1 heterocycles. The van der Waals surface area contributed by atoms with Crippen LogP contribution in [0.1, 0.15) is 16.8 Å². The van der Waals surface area contributed by atoms with Crippen molar-refractivity contribution in [1.82, 2.24) is 10.3 Å². The van der Waals surface area contributed by atoms with Crippen LogP contribution >= 0.6 is 0 Å². The lowest BCUT2D eigenvalue weighted by atomic mass is 10.2. The van der Waals surface area contributed by atoms with E-state index in [4.69, 9.17) is 10.00 Å². The van der Waals surface area contributed by atoms with Crippen LogP contribution in [0.2, 0.25) is 0 Å². The Morgan fingerprint density at radius 1 is 1.21 bits per heavy atom. The monoisotopic (exact) mass is 253 g/mol. The van der Waals surface area contributed by atoms with Crippen molar-refractivity contribution in [3.8, 4) is 11.8 Å². The van der Waals surface area contributed by atoms with Crippen molar-refractivity contribution in [2.45, 2.75) is 13.1 Å². The Morgan fingerprint density at radius 2 is 2.00 bits per heavy atom. The van der Waals surface area contributed by atoms with E-state index in [9.17, 15) is 0 Å². The summed E-state index contributed by atoms with van der Waals surface area (Å²) >= 11 is 0. The molecular formula is C15H15N3O. The highest BCUT2D eigenvalue weighted by Gasteiger charge is 2.01. The van der Waals surface area contributed by atoms with Crippen LogP contribution in [0.4, 0.5) is 0 Å². The summed E-state index contributed by atoms with van der Waals surface area (Å²) in [6.45, 7) is 1.37. The lowest BCUT2D eigenvalue weighted by Gasteiger charge is -2.07. The third-order valence-corrected chi connectivity index (χ3v) is 2.80. The first kappa shape index (κ1) is 13.1.